The van der Waals surface area contributed by atoms with Crippen LogP contribution in [-0.4, -0.2) is 18.9 Å². The number of hydrogen-bond donors (Lipinski definition) is 2. The van der Waals surface area contributed by atoms with E-state index >= 15 is 0 Å². The molecule has 0 bridgehead atoms. The van der Waals surface area contributed by atoms with Crippen LogP contribution in [0.5, 0.6) is 0 Å². The van der Waals surface area contributed by atoms with E-state index in [-0.39, 0.29) is 24.6 Å². The minimum atomic E-state index is -0.637. The Labute approximate surface area is 175 Å². The first-order valence-corrected chi connectivity index (χ1v) is 9.88. The summed E-state index contributed by atoms with van der Waals surface area (Å²) in [6.45, 7) is 0. The fourth-order valence-electron chi connectivity index (χ4n) is 3.77. The van der Waals surface area contributed by atoms with Crippen LogP contribution in [0.15, 0.2) is 78.9 Å². The Balaban J connectivity index is 1.96. The first-order valence-electron chi connectivity index (χ1n) is 9.88. The molecule has 3 rings (SSSR count). The highest BCUT2D eigenvalue weighted by molar-refractivity contribution is 5.82. The monoisotopic (exact) mass is 404 g/mol. The number of nitrogens with one attached hydrogen (secondary N) is 1. The molecule has 5 heteroatoms. The van der Waals surface area contributed by atoms with E-state index in [0.717, 1.165) is 16.7 Å². The van der Waals surface area contributed by atoms with Crippen molar-refractivity contribution in [3.05, 3.63) is 95.8 Å². The van der Waals surface area contributed by atoms with E-state index < -0.39 is 17.7 Å². The van der Waals surface area contributed by atoms with Gasteiger partial charge >= 0.3 is 0 Å². The minimum absolute atomic E-state index is 0.00276. The van der Waals surface area contributed by atoms with E-state index in [9.17, 15) is 14.0 Å². The van der Waals surface area contributed by atoms with Crippen molar-refractivity contribution in [2.45, 2.75) is 18.8 Å². The zero-order valence-electron chi connectivity index (χ0n) is 16.8. The molecule has 1 unspecified atom stereocenters. The van der Waals surface area contributed by atoms with Gasteiger partial charge in [0.05, 0.1) is 0 Å². The molecule has 0 saturated heterocycles. The number of halogens is 1. The van der Waals surface area contributed by atoms with Gasteiger partial charge in [-0.3, -0.25) is 9.59 Å². The molecule has 3 aromatic rings. The number of benzene rings is 3. The van der Waals surface area contributed by atoms with Gasteiger partial charge in [-0.2, -0.15) is 0 Å². The van der Waals surface area contributed by atoms with Crippen LogP contribution in [0.1, 0.15) is 23.5 Å². The van der Waals surface area contributed by atoms with Gasteiger partial charge in [-0.15, -0.1) is 0 Å². The van der Waals surface area contributed by atoms with Crippen LogP contribution in [-0.2, 0) is 16.0 Å². The molecule has 0 aliphatic carbocycles. The predicted molar refractivity (Wildman–Crippen MR) is 116 cm³/mol. The molecule has 0 fully saturated rings. The topological polar surface area (TPSA) is 72.2 Å². The van der Waals surface area contributed by atoms with Gasteiger partial charge in [0.2, 0.25) is 11.8 Å². The maximum absolute atomic E-state index is 14.3. The van der Waals surface area contributed by atoms with E-state index in [1.807, 2.05) is 54.6 Å². The van der Waals surface area contributed by atoms with Crippen molar-refractivity contribution in [1.82, 2.24) is 5.32 Å². The molecular formula is C25H25FN2O2. The maximum Gasteiger partial charge on any atom is 0.223 e. The van der Waals surface area contributed by atoms with E-state index in [2.05, 4.69) is 5.32 Å². The molecular weight excluding hydrogens is 379 g/mol. The number of carbonyl (C=O) groups excluding carboxylic acids is 2. The molecule has 0 aliphatic rings. The van der Waals surface area contributed by atoms with Gasteiger partial charge in [-0.05, 0) is 34.7 Å². The first kappa shape index (κ1) is 21.2. The molecule has 0 aromatic heterocycles. The Hall–Kier alpha value is -3.47. The molecule has 30 heavy (non-hydrogen) atoms. The van der Waals surface area contributed by atoms with Crippen molar-refractivity contribution < 1.29 is 14.0 Å². The summed E-state index contributed by atoms with van der Waals surface area (Å²) in [5.74, 6) is -2.23. The average Bonchev–Trinajstić information content (AvgIpc) is 2.77. The van der Waals surface area contributed by atoms with Crippen molar-refractivity contribution in [1.29, 1.82) is 0 Å². The van der Waals surface area contributed by atoms with Gasteiger partial charge in [0.25, 0.3) is 0 Å². The van der Waals surface area contributed by atoms with Crippen molar-refractivity contribution >= 4 is 11.8 Å². The minimum Gasteiger partial charge on any atom is -0.370 e. The molecule has 2 atom stereocenters. The molecule has 3 N–H and O–H groups in total. The lowest BCUT2D eigenvalue weighted by Gasteiger charge is -2.26. The van der Waals surface area contributed by atoms with Crippen molar-refractivity contribution in [3.63, 3.8) is 0 Å². The van der Waals surface area contributed by atoms with E-state index in [1.54, 1.807) is 18.2 Å². The average molecular weight is 404 g/mol. The first-order chi connectivity index (χ1) is 14.5. The summed E-state index contributed by atoms with van der Waals surface area (Å²) in [5.41, 5.74) is 8.86. The Kier molecular flexibility index (Phi) is 6.96. The van der Waals surface area contributed by atoms with Crippen LogP contribution in [0.2, 0.25) is 0 Å². The fourth-order valence-corrected chi connectivity index (χ4v) is 3.77. The fraction of sp³-hybridized carbons (Fsp3) is 0.200. The summed E-state index contributed by atoms with van der Waals surface area (Å²) >= 11 is 0. The number of rotatable bonds is 8. The zero-order valence-corrected chi connectivity index (χ0v) is 16.8. The van der Waals surface area contributed by atoms with Crippen molar-refractivity contribution in [3.8, 4) is 11.1 Å². The lowest BCUT2D eigenvalue weighted by atomic mass is 9.79. The molecule has 0 saturated carbocycles. The quantitative estimate of drug-likeness (QED) is 0.594. The Morgan fingerprint density at radius 1 is 0.900 bits per heavy atom. The normalized spacial score (nSPS) is 12.7. The summed E-state index contributed by atoms with van der Waals surface area (Å²) in [6.07, 6.45) is 0.169. The highest BCUT2D eigenvalue weighted by Gasteiger charge is 2.31. The van der Waals surface area contributed by atoms with Gasteiger partial charge in [0.1, 0.15) is 5.82 Å². The summed E-state index contributed by atoms with van der Waals surface area (Å²) in [7, 11) is 1.54. The third-order valence-electron chi connectivity index (χ3n) is 5.33. The van der Waals surface area contributed by atoms with Crippen LogP contribution in [0.3, 0.4) is 0 Å². The molecule has 2 amide bonds. The number of carbonyl (C=O) groups is 2. The third kappa shape index (κ3) is 5.11. The molecule has 0 radical (unpaired) electrons. The van der Waals surface area contributed by atoms with Crippen LogP contribution < -0.4 is 11.1 Å². The molecule has 4 nitrogen and oxygen atoms in total. The molecule has 3 aromatic carbocycles. The van der Waals surface area contributed by atoms with Gasteiger partial charge in [-0.1, -0.05) is 72.8 Å². The second kappa shape index (κ2) is 9.83. The number of nitrogens with two attached hydrogens (primary N) is 1. The molecule has 0 heterocycles. The standard InChI is InChI=1S/C25H25FN2O2/c1-28-25(30)22(15-20-9-5-6-10-23(20)26)21(16-24(27)29)19-13-11-18(12-14-19)17-7-3-2-4-8-17/h2-14,21-22H,15-16H2,1H3,(H2,27,29)(H,28,30)/t21?,22-/m1/s1. The number of hydrogen-bond acceptors (Lipinski definition) is 2. The highest BCUT2D eigenvalue weighted by atomic mass is 19.1. The van der Waals surface area contributed by atoms with Gasteiger partial charge in [0.15, 0.2) is 0 Å². The second-order valence-electron chi connectivity index (χ2n) is 7.28. The zero-order chi connectivity index (χ0) is 21.5. The summed E-state index contributed by atoms with van der Waals surface area (Å²) < 4.78 is 14.3. The molecule has 0 aliphatic heterocycles. The van der Waals surface area contributed by atoms with Crippen LogP contribution >= 0.6 is 0 Å². The SMILES string of the molecule is CNC(=O)[C@H](Cc1ccccc1F)C(CC(N)=O)c1ccc(-c2ccccc2)cc1. The highest BCUT2D eigenvalue weighted by Crippen LogP contribution is 2.33. The number of amides is 2. The van der Waals surface area contributed by atoms with Gasteiger partial charge < -0.3 is 11.1 Å². The van der Waals surface area contributed by atoms with Crippen LogP contribution in [0.4, 0.5) is 4.39 Å². The van der Waals surface area contributed by atoms with Gasteiger partial charge in [0, 0.05) is 25.3 Å². The third-order valence-corrected chi connectivity index (χ3v) is 5.33. The molecule has 0 spiro atoms. The largest absolute Gasteiger partial charge is 0.370 e. The predicted octanol–water partition coefficient (Wildman–Crippen LogP) is 4.06. The Morgan fingerprint density at radius 3 is 2.10 bits per heavy atom. The van der Waals surface area contributed by atoms with Crippen LogP contribution in [0, 0.1) is 11.7 Å². The number of primary amides is 1. The lowest BCUT2D eigenvalue weighted by Crippen LogP contribution is -2.35. The Bertz CT molecular complexity index is 1000. The molecule has 154 valence electrons. The summed E-state index contributed by atoms with van der Waals surface area (Å²) in [5, 5.41) is 2.65. The summed E-state index contributed by atoms with van der Waals surface area (Å²) in [4.78, 5) is 24.5. The van der Waals surface area contributed by atoms with E-state index in [0.29, 0.717) is 5.56 Å². The smallest absolute Gasteiger partial charge is 0.223 e. The second-order valence-corrected chi connectivity index (χ2v) is 7.28. The van der Waals surface area contributed by atoms with Crippen molar-refractivity contribution in [2.24, 2.45) is 11.7 Å². The van der Waals surface area contributed by atoms with Crippen LogP contribution in [0.25, 0.3) is 11.1 Å². The van der Waals surface area contributed by atoms with E-state index in [1.165, 1.54) is 13.1 Å². The lowest BCUT2D eigenvalue weighted by molar-refractivity contribution is -0.125. The summed E-state index contributed by atoms with van der Waals surface area (Å²) in [6, 6.07) is 24.0. The van der Waals surface area contributed by atoms with Gasteiger partial charge in [-0.25, -0.2) is 4.39 Å². The van der Waals surface area contributed by atoms with E-state index in [4.69, 9.17) is 5.73 Å². The maximum atomic E-state index is 14.3. The van der Waals surface area contributed by atoms with Crippen molar-refractivity contribution in [2.75, 3.05) is 7.05 Å². The Morgan fingerprint density at radius 2 is 1.50 bits per heavy atom.